The number of benzene rings is 1. The lowest BCUT2D eigenvalue weighted by atomic mass is 10.1. The number of unbranched alkanes of at least 4 members (excludes halogenated alkanes) is 5. The molecular weight excluding hydrogens is 317 g/mol. The van der Waals surface area contributed by atoms with E-state index in [1.54, 1.807) is 0 Å². The van der Waals surface area contributed by atoms with Crippen molar-refractivity contribution in [2.75, 3.05) is 12.5 Å². The van der Waals surface area contributed by atoms with Crippen LogP contribution in [0.2, 0.25) is 0 Å². The molecule has 1 rings (SSSR count). The van der Waals surface area contributed by atoms with Gasteiger partial charge in [0.2, 0.25) is 0 Å². The van der Waals surface area contributed by atoms with Gasteiger partial charge in [-0.15, -0.1) is 11.6 Å². The summed E-state index contributed by atoms with van der Waals surface area (Å²) in [5.74, 6) is -0.258. The van der Waals surface area contributed by atoms with Crippen LogP contribution in [0.15, 0.2) is 24.3 Å². The van der Waals surface area contributed by atoms with Crippen molar-refractivity contribution in [3.63, 3.8) is 0 Å². The number of carbonyl (C=O) groups is 1. The van der Waals surface area contributed by atoms with Gasteiger partial charge in [0.1, 0.15) is 0 Å². The lowest BCUT2D eigenvalue weighted by Crippen LogP contribution is -2.15. The summed E-state index contributed by atoms with van der Waals surface area (Å²) in [6.45, 7) is 0.139. The van der Waals surface area contributed by atoms with Crippen LogP contribution in [0.4, 0.5) is 13.2 Å². The Morgan fingerprint density at radius 2 is 1.59 bits per heavy atom. The van der Waals surface area contributed by atoms with Crippen molar-refractivity contribution in [2.24, 2.45) is 0 Å². The first-order valence-electron chi connectivity index (χ1n) is 7.36. The van der Waals surface area contributed by atoms with Gasteiger partial charge in [0, 0.05) is 5.88 Å². The Kier molecular flexibility index (Phi) is 8.31. The number of ether oxygens (including phenoxy) is 1. The molecule has 0 saturated carbocycles. The Balaban J connectivity index is 2.35. The topological polar surface area (TPSA) is 26.3 Å². The molecule has 0 bridgehead atoms. The highest BCUT2D eigenvalue weighted by Gasteiger charge is 2.35. The summed E-state index contributed by atoms with van der Waals surface area (Å²) in [6.07, 6.45) is 1.12. The summed E-state index contributed by atoms with van der Waals surface area (Å²) >= 11 is 5.56. The minimum Gasteiger partial charge on any atom is -0.462 e. The Morgan fingerprint density at radius 1 is 1.00 bits per heavy atom. The summed E-state index contributed by atoms with van der Waals surface area (Å²) < 4.78 is 43.3. The molecule has 0 aromatic heterocycles. The van der Waals surface area contributed by atoms with Gasteiger partial charge in [-0.2, -0.15) is 13.2 Å². The van der Waals surface area contributed by atoms with Gasteiger partial charge < -0.3 is 4.74 Å². The second-order valence-electron chi connectivity index (χ2n) is 4.99. The van der Waals surface area contributed by atoms with Gasteiger partial charge in [-0.3, -0.25) is 0 Å². The van der Waals surface area contributed by atoms with E-state index >= 15 is 0 Å². The summed E-state index contributed by atoms with van der Waals surface area (Å²) in [6, 6.07) is 4.66. The van der Waals surface area contributed by atoms with Crippen LogP contribution in [-0.2, 0) is 10.9 Å². The first-order chi connectivity index (χ1) is 10.5. The van der Waals surface area contributed by atoms with E-state index < -0.39 is 23.3 Å². The lowest BCUT2D eigenvalue weighted by molar-refractivity contribution is -0.138. The molecule has 0 saturated heterocycles. The van der Waals surface area contributed by atoms with Gasteiger partial charge in [0.15, 0.2) is 0 Å². The van der Waals surface area contributed by atoms with E-state index in [9.17, 15) is 18.0 Å². The van der Waals surface area contributed by atoms with E-state index in [0.717, 1.165) is 44.2 Å². The Bertz CT molecular complexity index is 461. The Labute approximate surface area is 133 Å². The van der Waals surface area contributed by atoms with Gasteiger partial charge in [-0.25, -0.2) is 4.79 Å². The third-order valence-corrected chi connectivity index (χ3v) is 3.48. The number of halogens is 4. The normalized spacial score (nSPS) is 11.5. The first kappa shape index (κ1) is 18.8. The van der Waals surface area contributed by atoms with Crippen LogP contribution >= 0.6 is 11.6 Å². The summed E-state index contributed by atoms with van der Waals surface area (Å²) in [7, 11) is 0. The quantitative estimate of drug-likeness (QED) is 0.341. The van der Waals surface area contributed by atoms with Crippen molar-refractivity contribution in [1.82, 2.24) is 0 Å². The molecule has 0 aliphatic heterocycles. The monoisotopic (exact) mass is 336 g/mol. The highest BCUT2D eigenvalue weighted by molar-refractivity contribution is 6.17. The van der Waals surface area contributed by atoms with Crippen molar-refractivity contribution in [2.45, 2.75) is 44.7 Å². The summed E-state index contributed by atoms with van der Waals surface area (Å²) in [5, 5.41) is 0. The van der Waals surface area contributed by atoms with Crippen LogP contribution in [0.3, 0.4) is 0 Å². The fourth-order valence-corrected chi connectivity index (χ4v) is 2.24. The zero-order valence-electron chi connectivity index (χ0n) is 12.3. The Morgan fingerprint density at radius 3 is 2.23 bits per heavy atom. The maximum absolute atomic E-state index is 12.8. The van der Waals surface area contributed by atoms with Crippen molar-refractivity contribution in [3.8, 4) is 0 Å². The molecular formula is C16H20ClF3O2. The first-order valence-corrected chi connectivity index (χ1v) is 7.89. The molecule has 124 valence electrons. The smallest absolute Gasteiger partial charge is 0.417 e. The van der Waals surface area contributed by atoms with Crippen LogP contribution in [0.25, 0.3) is 0 Å². The molecule has 0 aliphatic rings. The maximum atomic E-state index is 12.8. The van der Waals surface area contributed by atoms with Crippen LogP contribution in [0, 0.1) is 0 Å². The average molecular weight is 337 g/mol. The van der Waals surface area contributed by atoms with Gasteiger partial charge in [0.05, 0.1) is 17.7 Å². The fourth-order valence-electron chi connectivity index (χ4n) is 2.05. The largest absolute Gasteiger partial charge is 0.462 e. The number of carbonyl (C=O) groups excluding carboxylic acids is 1. The molecule has 2 nitrogen and oxygen atoms in total. The van der Waals surface area contributed by atoms with E-state index in [1.807, 2.05) is 0 Å². The Hall–Kier alpha value is -1.23. The minimum atomic E-state index is -4.56. The lowest BCUT2D eigenvalue weighted by Gasteiger charge is -2.12. The van der Waals surface area contributed by atoms with Crippen molar-refractivity contribution in [1.29, 1.82) is 0 Å². The van der Waals surface area contributed by atoms with Crippen LogP contribution in [0.1, 0.15) is 54.4 Å². The van der Waals surface area contributed by atoms with Crippen LogP contribution in [-0.4, -0.2) is 18.5 Å². The molecule has 0 heterocycles. The van der Waals surface area contributed by atoms with Crippen molar-refractivity contribution in [3.05, 3.63) is 35.4 Å². The van der Waals surface area contributed by atoms with Gasteiger partial charge >= 0.3 is 12.1 Å². The van der Waals surface area contributed by atoms with E-state index in [-0.39, 0.29) is 6.61 Å². The van der Waals surface area contributed by atoms with Crippen LogP contribution in [0.5, 0.6) is 0 Å². The third-order valence-electron chi connectivity index (χ3n) is 3.21. The summed E-state index contributed by atoms with van der Waals surface area (Å²) in [4.78, 5) is 11.7. The highest BCUT2D eigenvalue weighted by Crippen LogP contribution is 2.32. The highest BCUT2D eigenvalue weighted by atomic mass is 35.5. The molecule has 0 amide bonds. The minimum absolute atomic E-state index is 0.139. The molecule has 6 heteroatoms. The van der Waals surface area contributed by atoms with Crippen LogP contribution < -0.4 is 0 Å². The number of rotatable bonds is 9. The molecule has 0 N–H and O–H groups in total. The van der Waals surface area contributed by atoms with Gasteiger partial charge in [0.25, 0.3) is 0 Å². The zero-order valence-corrected chi connectivity index (χ0v) is 13.1. The molecule has 0 aliphatic carbocycles. The molecule has 0 atom stereocenters. The molecule has 0 fully saturated rings. The molecule has 0 radical (unpaired) electrons. The standard InChI is InChI=1S/C16H20ClF3O2/c17-11-7-3-1-2-4-8-12-22-15(21)13-9-5-6-10-14(13)16(18,19)20/h5-6,9-10H,1-4,7-8,11-12H2. The van der Waals surface area contributed by atoms with E-state index in [4.69, 9.17) is 16.3 Å². The molecule has 22 heavy (non-hydrogen) atoms. The number of hydrogen-bond donors (Lipinski definition) is 0. The second kappa shape index (κ2) is 9.72. The number of alkyl halides is 4. The van der Waals surface area contributed by atoms with E-state index in [1.165, 1.54) is 12.1 Å². The van der Waals surface area contributed by atoms with Crippen molar-refractivity contribution >= 4 is 17.6 Å². The second-order valence-corrected chi connectivity index (χ2v) is 5.37. The molecule has 0 unspecified atom stereocenters. The molecule has 0 spiro atoms. The predicted octanol–water partition coefficient (Wildman–Crippen LogP) is 5.44. The SMILES string of the molecule is O=C(OCCCCCCCCCl)c1ccccc1C(F)(F)F. The zero-order chi connectivity index (χ0) is 16.4. The van der Waals surface area contributed by atoms with Gasteiger partial charge in [-0.05, 0) is 25.0 Å². The fraction of sp³-hybridized carbons (Fsp3) is 0.562. The van der Waals surface area contributed by atoms with Gasteiger partial charge in [-0.1, -0.05) is 37.8 Å². The molecule has 1 aromatic rings. The average Bonchev–Trinajstić information content (AvgIpc) is 2.49. The van der Waals surface area contributed by atoms with E-state index in [0.29, 0.717) is 12.3 Å². The number of hydrogen-bond acceptors (Lipinski definition) is 2. The predicted molar refractivity (Wildman–Crippen MR) is 80.1 cm³/mol. The third kappa shape index (κ3) is 6.69. The maximum Gasteiger partial charge on any atom is 0.417 e. The molecule has 1 aromatic carbocycles. The van der Waals surface area contributed by atoms with E-state index in [2.05, 4.69) is 0 Å². The summed E-state index contributed by atoms with van der Waals surface area (Å²) in [5.41, 5.74) is -1.39. The number of esters is 1. The van der Waals surface area contributed by atoms with Crippen molar-refractivity contribution < 1.29 is 22.7 Å².